The Morgan fingerprint density at radius 3 is 2.39 bits per heavy atom. The molecule has 1 aromatic carbocycles. The summed E-state index contributed by atoms with van der Waals surface area (Å²) in [6.07, 6.45) is 4.02. The van der Waals surface area contributed by atoms with Gasteiger partial charge in [0.2, 0.25) is 0 Å². The lowest BCUT2D eigenvalue weighted by atomic mass is 10.1. The summed E-state index contributed by atoms with van der Waals surface area (Å²) in [5, 5.41) is 3.56. The molecule has 1 aliphatic carbocycles. The molecule has 1 atom stereocenters. The number of ether oxygens (including phenoxy) is 1. The molecule has 0 spiro atoms. The number of nitrogens with one attached hydrogen (secondary N) is 1. The van der Waals surface area contributed by atoms with E-state index in [2.05, 4.69) is 45.1 Å². The van der Waals surface area contributed by atoms with Crippen molar-refractivity contribution < 1.29 is 4.74 Å². The maximum absolute atomic E-state index is 6.00. The fraction of sp³-hybridized carbons (Fsp3) is 0.625. The van der Waals surface area contributed by atoms with E-state index in [0.717, 1.165) is 24.8 Å². The zero-order chi connectivity index (χ0) is 13.1. The highest BCUT2D eigenvalue weighted by Crippen LogP contribution is 2.27. The molecule has 1 aliphatic rings. The Labute approximate surface area is 111 Å². The SMILES string of the molecule is CCC(C)Oc1c(C)cc(CNC2CC2)cc1C. The first-order chi connectivity index (χ1) is 8.60. The summed E-state index contributed by atoms with van der Waals surface area (Å²) < 4.78 is 6.00. The maximum atomic E-state index is 6.00. The molecule has 2 rings (SSSR count). The van der Waals surface area contributed by atoms with Crippen LogP contribution in [0.1, 0.15) is 49.8 Å². The average molecular weight is 247 g/mol. The van der Waals surface area contributed by atoms with Gasteiger partial charge in [-0.2, -0.15) is 0 Å². The molecule has 1 saturated carbocycles. The van der Waals surface area contributed by atoms with Crippen molar-refractivity contribution in [3.05, 3.63) is 28.8 Å². The molecule has 1 N–H and O–H groups in total. The van der Waals surface area contributed by atoms with Crippen LogP contribution in [0, 0.1) is 13.8 Å². The monoisotopic (exact) mass is 247 g/mol. The minimum atomic E-state index is 0.290. The number of hydrogen-bond donors (Lipinski definition) is 1. The van der Waals surface area contributed by atoms with Crippen LogP contribution in [-0.2, 0) is 6.54 Å². The lowest BCUT2D eigenvalue weighted by Gasteiger charge is -2.18. The molecule has 1 fully saturated rings. The van der Waals surface area contributed by atoms with Gasteiger partial charge in [-0.25, -0.2) is 0 Å². The fourth-order valence-electron chi connectivity index (χ4n) is 2.16. The zero-order valence-corrected chi connectivity index (χ0v) is 12.0. The van der Waals surface area contributed by atoms with Gasteiger partial charge in [-0.15, -0.1) is 0 Å². The summed E-state index contributed by atoms with van der Waals surface area (Å²) in [6, 6.07) is 5.27. The number of rotatable bonds is 6. The van der Waals surface area contributed by atoms with Crippen molar-refractivity contribution in [2.24, 2.45) is 0 Å². The van der Waals surface area contributed by atoms with Gasteiger partial charge < -0.3 is 10.1 Å². The first kappa shape index (κ1) is 13.4. The van der Waals surface area contributed by atoms with Gasteiger partial charge in [0.25, 0.3) is 0 Å². The van der Waals surface area contributed by atoms with Gasteiger partial charge in [-0.3, -0.25) is 0 Å². The summed E-state index contributed by atoms with van der Waals surface area (Å²) in [5.41, 5.74) is 3.87. The van der Waals surface area contributed by atoms with Crippen LogP contribution in [0.4, 0.5) is 0 Å². The molecule has 0 aromatic heterocycles. The Morgan fingerprint density at radius 1 is 1.28 bits per heavy atom. The minimum absolute atomic E-state index is 0.290. The molecule has 1 unspecified atom stereocenters. The number of benzene rings is 1. The summed E-state index contributed by atoms with van der Waals surface area (Å²) in [6.45, 7) is 9.55. The summed E-state index contributed by atoms with van der Waals surface area (Å²) in [7, 11) is 0. The van der Waals surface area contributed by atoms with E-state index in [1.165, 1.54) is 29.5 Å². The van der Waals surface area contributed by atoms with Crippen LogP contribution in [0.25, 0.3) is 0 Å². The van der Waals surface area contributed by atoms with Crippen LogP contribution in [-0.4, -0.2) is 12.1 Å². The third-order valence-corrected chi connectivity index (χ3v) is 3.59. The van der Waals surface area contributed by atoms with Crippen molar-refractivity contribution in [2.75, 3.05) is 0 Å². The first-order valence-electron chi connectivity index (χ1n) is 7.10. The lowest BCUT2D eigenvalue weighted by Crippen LogP contribution is -2.16. The Morgan fingerprint density at radius 2 is 1.89 bits per heavy atom. The maximum Gasteiger partial charge on any atom is 0.125 e. The third kappa shape index (κ3) is 3.49. The topological polar surface area (TPSA) is 21.3 Å². The Balaban J connectivity index is 2.06. The molecule has 100 valence electrons. The number of hydrogen-bond acceptors (Lipinski definition) is 2. The molecular weight excluding hydrogens is 222 g/mol. The fourth-order valence-corrected chi connectivity index (χ4v) is 2.16. The second kappa shape index (κ2) is 5.75. The second-order valence-corrected chi connectivity index (χ2v) is 5.55. The van der Waals surface area contributed by atoms with E-state index in [1.54, 1.807) is 0 Å². The second-order valence-electron chi connectivity index (χ2n) is 5.55. The minimum Gasteiger partial charge on any atom is -0.490 e. The van der Waals surface area contributed by atoms with Gasteiger partial charge in [-0.05, 0) is 56.7 Å². The smallest absolute Gasteiger partial charge is 0.125 e. The van der Waals surface area contributed by atoms with E-state index in [0.29, 0.717) is 0 Å². The molecule has 2 heteroatoms. The van der Waals surface area contributed by atoms with Gasteiger partial charge >= 0.3 is 0 Å². The van der Waals surface area contributed by atoms with Gasteiger partial charge in [0.15, 0.2) is 0 Å². The molecule has 0 radical (unpaired) electrons. The molecule has 0 bridgehead atoms. The molecule has 18 heavy (non-hydrogen) atoms. The van der Waals surface area contributed by atoms with Crippen LogP contribution in [0.3, 0.4) is 0 Å². The van der Waals surface area contributed by atoms with E-state index in [9.17, 15) is 0 Å². The van der Waals surface area contributed by atoms with Crippen LogP contribution in [0.15, 0.2) is 12.1 Å². The van der Waals surface area contributed by atoms with Crippen LogP contribution in [0.2, 0.25) is 0 Å². The van der Waals surface area contributed by atoms with Crippen LogP contribution in [0.5, 0.6) is 5.75 Å². The molecule has 2 nitrogen and oxygen atoms in total. The van der Waals surface area contributed by atoms with E-state index in [1.807, 2.05) is 0 Å². The van der Waals surface area contributed by atoms with Gasteiger partial charge in [0.1, 0.15) is 5.75 Å². The molecule has 0 aliphatic heterocycles. The van der Waals surface area contributed by atoms with Crippen molar-refractivity contribution in [2.45, 2.75) is 65.6 Å². The quantitative estimate of drug-likeness (QED) is 0.827. The van der Waals surface area contributed by atoms with E-state index < -0.39 is 0 Å². The van der Waals surface area contributed by atoms with Crippen LogP contribution < -0.4 is 10.1 Å². The number of aryl methyl sites for hydroxylation is 2. The largest absolute Gasteiger partial charge is 0.490 e. The summed E-state index contributed by atoms with van der Waals surface area (Å²) >= 11 is 0. The predicted molar refractivity (Wildman–Crippen MR) is 76.2 cm³/mol. The highest BCUT2D eigenvalue weighted by molar-refractivity contribution is 5.43. The summed E-state index contributed by atoms with van der Waals surface area (Å²) in [5.74, 6) is 1.07. The normalized spacial score (nSPS) is 16.7. The molecule has 0 heterocycles. The Hall–Kier alpha value is -1.02. The molecular formula is C16H25NO. The Bertz CT molecular complexity index is 387. The van der Waals surface area contributed by atoms with Gasteiger partial charge in [-0.1, -0.05) is 19.1 Å². The third-order valence-electron chi connectivity index (χ3n) is 3.59. The van der Waals surface area contributed by atoms with Crippen molar-refractivity contribution in [3.8, 4) is 5.75 Å². The van der Waals surface area contributed by atoms with Gasteiger partial charge in [0, 0.05) is 12.6 Å². The predicted octanol–water partition coefficient (Wildman–Crippen LogP) is 3.73. The Kier molecular flexibility index (Phi) is 4.28. The van der Waals surface area contributed by atoms with Crippen molar-refractivity contribution in [1.82, 2.24) is 5.32 Å². The van der Waals surface area contributed by atoms with E-state index in [4.69, 9.17) is 4.74 Å². The highest BCUT2D eigenvalue weighted by atomic mass is 16.5. The standard InChI is InChI=1S/C16H25NO/c1-5-13(4)18-16-11(2)8-14(9-12(16)3)10-17-15-6-7-15/h8-9,13,15,17H,5-7,10H2,1-4H3. The van der Waals surface area contributed by atoms with E-state index in [-0.39, 0.29) is 6.10 Å². The molecule has 1 aromatic rings. The summed E-state index contributed by atoms with van der Waals surface area (Å²) in [4.78, 5) is 0. The van der Waals surface area contributed by atoms with Crippen LogP contribution >= 0.6 is 0 Å². The van der Waals surface area contributed by atoms with Gasteiger partial charge in [0.05, 0.1) is 6.10 Å². The molecule has 0 amide bonds. The van der Waals surface area contributed by atoms with Crippen molar-refractivity contribution in [3.63, 3.8) is 0 Å². The van der Waals surface area contributed by atoms with Crippen molar-refractivity contribution in [1.29, 1.82) is 0 Å². The van der Waals surface area contributed by atoms with E-state index >= 15 is 0 Å². The van der Waals surface area contributed by atoms with Crippen molar-refractivity contribution >= 4 is 0 Å². The lowest BCUT2D eigenvalue weighted by molar-refractivity contribution is 0.214. The molecule has 0 saturated heterocycles. The highest BCUT2D eigenvalue weighted by Gasteiger charge is 2.20. The average Bonchev–Trinajstić information content (AvgIpc) is 3.15. The zero-order valence-electron chi connectivity index (χ0n) is 12.0. The first-order valence-corrected chi connectivity index (χ1v) is 7.10.